The van der Waals surface area contributed by atoms with Crippen LogP contribution in [0.5, 0.6) is 5.75 Å². The number of rotatable bonds is 3. The Morgan fingerprint density at radius 1 is 1.24 bits per heavy atom. The molecule has 0 aliphatic rings. The molecule has 0 spiro atoms. The van der Waals surface area contributed by atoms with Gasteiger partial charge in [0.15, 0.2) is 0 Å². The molecule has 0 saturated carbocycles. The first-order valence-corrected chi connectivity index (χ1v) is 7.53. The quantitative estimate of drug-likeness (QED) is 0.580. The maximum atomic E-state index is 5.23. The summed E-state index contributed by atoms with van der Waals surface area (Å²) in [6, 6.07) is 10.3. The summed E-state index contributed by atoms with van der Waals surface area (Å²) in [5, 5.41) is 0. The third kappa shape index (κ3) is 2.25. The van der Waals surface area contributed by atoms with E-state index < -0.39 is 0 Å². The third-order valence-electron chi connectivity index (χ3n) is 3.50. The Morgan fingerprint density at radius 2 is 2.19 bits per heavy atom. The van der Waals surface area contributed by atoms with Gasteiger partial charge in [0.1, 0.15) is 11.4 Å². The number of methoxy groups -OCH3 is 1. The van der Waals surface area contributed by atoms with Crippen molar-refractivity contribution in [1.82, 2.24) is 14.4 Å². The van der Waals surface area contributed by atoms with Crippen LogP contribution in [0.3, 0.4) is 0 Å². The molecule has 21 heavy (non-hydrogen) atoms. The highest BCUT2D eigenvalue weighted by molar-refractivity contribution is 7.16. The number of imidazole rings is 1. The van der Waals surface area contributed by atoms with E-state index in [1.165, 1.54) is 10.3 Å². The van der Waals surface area contributed by atoms with Gasteiger partial charge in [0.05, 0.1) is 28.5 Å². The zero-order valence-corrected chi connectivity index (χ0v) is 12.3. The third-order valence-corrected chi connectivity index (χ3v) is 4.29. The molecular weight excluding hydrogens is 282 g/mol. The van der Waals surface area contributed by atoms with Gasteiger partial charge in [-0.25, -0.2) is 9.97 Å². The predicted molar refractivity (Wildman–Crippen MR) is 84.2 cm³/mol. The van der Waals surface area contributed by atoms with Crippen LogP contribution < -0.4 is 4.74 Å². The highest BCUT2D eigenvalue weighted by Crippen LogP contribution is 2.21. The van der Waals surface area contributed by atoms with E-state index in [4.69, 9.17) is 4.74 Å². The summed E-state index contributed by atoms with van der Waals surface area (Å²) in [7, 11) is 1.67. The molecule has 1 aromatic carbocycles. The number of hydrogen-bond acceptors (Lipinski definition) is 4. The minimum atomic E-state index is 0.817. The van der Waals surface area contributed by atoms with Gasteiger partial charge >= 0.3 is 0 Å². The molecule has 0 fully saturated rings. The summed E-state index contributed by atoms with van der Waals surface area (Å²) >= 11 is 1.67. The number of pyridine rings is 1. The first-order chi connectivity index (χ1) is 10.3. The van der Waals surface area contributed by atoms with Crippen molar-refractivity contribution in [3.8, 4) is 5.75 Å². The zero-order chi connectivity index (χ0) is 14.2. The normalized spacial score (nSPS) is 11.3. The number of ether oxygens (including phenoxy) is 1. The summed E-state index contributed by atoms with van der Waals surface area (Å²) < 4.78 is 8.47. The van der Waals surface area contributed by atoms with Crippen LogP contribution in [0.1, 0.15) is 11.3 Å². The molecule has 3 heterocycles. The van der Waals surface area contributed by atoms with Gasteiger partial charge in [-0.05, 0) is 23.8 Å². The number of benzene rings is 1. The average molecular weight is 295 g/mol. The standard InChI is InChI=1S/C16H13N3OS/c1-20-13-4-5-19-9-12(18-16(19)8-13)6-11-2-3-14-15(7-11)21-10-17-14/h2-5,7-10H,6H2,1H3. The van der Waals surface area contributed by atoms with Crippen molar-refractivity contribution in [3.63, 3.8) is 0 Å². The molecule has 4 aromatic rings. The van der Waals surface area contributed by atoms with Crippen LogP contribution in [0.2, 0.25) is 0 Å². The minimum Gasteiger partial charge on any atom is -0.497 e. The van der Waals surface area contributed by atoms with Crippen LogP contribution in [-0.4, -0.2) is 21.5 Å². The lowest BCUT2D eigenvalue weighted by Gasteiger charge is -1.98. The molecule has 0 amide bonds. The first-order valence-electron chi connectivity index (χ1n) is 6.65. The molecule has 0 radical (unpaired) electrons. The largest absolute Gasteiger partial charge is 0.497 e. The van der Waals surface area contributed by atoms with Crippen LogP contribution in [0.15, 0.2) is 48.2 Å². The Bertz CT molecular complexity index is 925. The predicted octanol–water partition coefficient (Wildman–Crippen LogP) is 3.54. The van der Waals surface area contributed by atoms with Gasteiger partial charge < -0.3 is 9.14 Å². The second kappa shape index (κ2) is 4.86. The van der Waals surface area contributed by atoms with Gasteiger partial charge in [0.2, 0.25) is 0 Å². The molecule has 0 unspecified atom stereocenters. The van der Waals surface area contributed by atoms with Crippen LogP contribution in [-0.2, 0) is 6.42 Å². The van der Waals surface area contributed by atoms with Crippen molar-refractivity contribution in [1.29, 1.82) is 0 Å². The molecule has 3 aromatic heterocycles. The highest BCUT2D eigenvalue weighted by atomic mass is 32.1. The maximum Gasteiger partial charge on any atom is 0.140 e. The van der Waals surface area contributed by atoms with Crippen LogP contribution in [0, 0.1) is 0 Å². The van der Waals surface area contributed by atoms with E-state index in [1.807, 2.05) is 28.2 Å². The van der Waals surface area contributed by atoms with Gasteiger partial charge in [0, 0.05) is 24.9 Å². The van der Waals surface area contributed by atoms with Crippen molar-refractivity contribution in [2.75, 3.05) is 7.11 Å². The second-order valence-electron chi connectivity index (χ2n) is 4.90. The molecule has 0 saturated heterocycles. The lowest BCUT2D eigenvalue weighted by atomic mass is 10.1. The minimum absolute atomic E-state index is 0.817. The lowest BCUT2D eigenvalue weighted by molar-refractivity contribution is 0.414. The van der Waals surface area contributed by atoms with Crippen LogP contribution >= 0.6 is 11.3 Å². The molecule has 0 aliphatic heterocycles. The maximum absolute atomic E-state index is 5.23. The number of thiazole rings is 1. The van der Waals surface area contributed by atoms with E-state index in [0.29, 0.717) is 0 Å². The Hall–Kier alpha value is -2.40. The topological polar surface area (TPSA) is 39.4 Å². The summed E-state index contributed by atoms with van der Waals surface area (Å²) in [4.78, 5) is 8.96. The van der Waals surface area contributed by atoms with E-state index >= 15 is 0 Å². The summed E-state index contributed by atoms with van der Waals surface area (Å²) in [6.07, 6.45) is 4.85. The molecule has 0 bridgehead atoms. The summed E-state index contributed by atoms with van der Waals surface area (Å²) in [5.41, 5.74) is 6.15. The molecule has 4 nitrogen and oxygen atoms in total. The van der Waals surface area contributed by atoms with Crippen molar-refractivity contribution < 1.29 is 4.74 Å². The smallest absolute Gasteiger partial charge is 0.140 e. The number of aromatic nitrogens is 3. The van der Waals surface area contributed by atoms with Gasteiger partial charge in [-0.15, -0.1) is 11.3 Å². The van der Waals surface area contributed by atoms with E-state index in [2.05, 4.69) is 34.4 Å². The highest BCUT2D eigenvalue weighted by Gasteiger charge is 2.05. The van der Waals surface area contributed by atoms with Gasteiger partial charge in [-0.1, -0.05) is 6.07 Å². The Labute approximate surface area is 125 Å². The van der Waals surface area contributed by atoms with Crippen molar-refractivity contribution in [2.24, 2.45) is 0 Å². The lowest BCUT2D eigenvalue weighted by Crippen LogP contribution is -1.87. The van der Waals surface area contributed by atoms with E-state index in [1.54, 1.807) is 18.4 Å². The fourth-order valence-corrected chi connectivity index (χ4v) is 3.19. The molecule has 5 heteroatoms. The molecule has 0 N–H and O–H groups in total. The van der Waals surface area contributed by atoms with Crippen LogP contribution in [0.4, 0.5) is 0 Å². The van der Waals surface area contributed by atoms with E-state index in [9.17, 15) is 0 Å². The number of nitrogens with zero attached hydrogens (tertiary/aromatic N) is 3. The van der Waals surface area contributed by atoms with Gasteiger partial charge in [0.25, 0.3) is 0 Å². The molecule has 0 atom stereocenters. The van der Waals surface area contributed by atoms with Crippen molar-refractivity contribution >= 4 is 27.2 Å². The monoisotopic (exact) mass is 295 g/mol. The molecule has 104 valence electrons. The summed E-state index contributed by atoms with van der Waals surface area (Å²) in [5.74, 6) is 0.825. The fraction of sp³-hybridized carbons (Fsp3) is 0.125. The molecule has 4 rings (SSSR count). The molecular formula is C16H13N3OS. The SMILES string of the molecule is COc1ccn2cc(Cc3ccc4ncsc4c3)nc2c1. The molecule has 0 aliphatic carbocycles. The first kappa shape index (κ1) is 12.3. The van der Waals surface area contributed by atoms with Gasteiger partial charge in [-0.3, -0.25) is 0 Å². The zero-order valence-electron chi connectivity index (χ0n) is 11.5. The Balaban J connectivity index is 1.69. The average Bonchev–Trinajstić information content (AvgIpc) is 3.11. The Morgan fingerprint density at radius 3 is 3.10 bits per heavy atom. The van der Waals surface area contributed by atoms with Gasteiger partial charge in [-0.2, -0.15) is 0 Å². The summed E-state index contributed by atoms with van der Waals surface area (Å²) in [6.45, 7) is 0. The number of hydrogen-bond donors (Lipinski definition) is 0. The van der Waals surface area contributed by atoms with Crippen molar-refractivity contribution in [3.05, 3.63) is 59.5 Å². The second-order valence-corrected chi connectivity index (χ2v) is 5.78. The Kier molecular flexibility index (Phi) is 2.86. The number of fused-ring (bicyclic) bond motifs is 2. The van der Waals surface area contributed by atoms with E-state index in [0.717, 1.165) is 29.0 Å². The van der Waals surface area contributed by atoms with E-state index in [-0.39, 0.29) is 0 Å². The fourth-order valence-electron chi connectivity index (χ4n) is 2.45. The van der Waals surface area contributed by atoms with Crippen molar-refractivity contribution in [2.45, 2.75) is 6.42 Å². The van der Waals surface area contributed by atoms with Crippen LogP contribution in [0.25, 0.3) is 15.9 Å².